The van der Waals surface area contributed by atoms with E-state index < -0.39 is 33.3 Å². The zero-order chi connectivity index (χ0) is 38.4. The third kappa shape index (κ3) is 11.2. The molecule has 0 saturated heterocycles. The maximum atomic E-state index is 12.6. The number of nitro benzene ring substituents is 2. The maximum Gasteiger partial charge on any atom is 0.345 e. The molecule has 4 rings (SSSR count). The van der Waals surface area contributed by atoms with E-state index in [0.29, 0.717) is 31.8 Å². The normalized spacial score (nSPS) is 9.82. The molecular formula is C32H31Br2FN4O12. The van der Waals surface area contributed by atoms with Crippen molar-refractivity contribution in [3.8, 4) is 23.0 Å². The Hall–Kier alpha value is -5.69. The summed E-state index contributed by atoms with van der Waals surface area (Å²) in [4.78, 5) is 43.5. The topological polar surface area (TPSA) is 214 Å². The molecule has 0 aliphatic heterocycles. The zero-order valence-electron chi connectivity index (χ0n) is 27.8. The Morgan fingerprint density at radius 1 is 0.667 bits per heavy atom. The van der Waals surface area contributed by atoms with Gasteiger partial charge in [-0.25, -0.2) is 9.59 Å². The lowest BCUT2D eigenvalue weighted by atomic mass is 10.1. The Kier molecular flexibility index (Phi) is 15.8. The van der Waals surface area contributed by atoms with Crippen molar-refractivity contribution in [2.24, 2.45) is 0 Å². The number of nitrogens with zero attached hydrogens (tertiary/aromatic N) is 2. The minimum absolute atomic E-state index is 0.107. The number of esters is 2. The van der Waals surface area contributed by atoms with Gasteiger partial charge in [0.2, 0.25) is 5.82 Å². The van der Waals surface area contributed by atoms with Crippen LogP contribution in [0.4, 0.5) is 32.8 Å². The van der Waals surface area contributed by atoms with Crippen molar-refractivity contribution in [1.82, 2.24) is 0 Å². The third-order valence-corrected chi connectivity index (χ3v) is 7.34. The van der Waals surface area contributed by atoms with Crippen molar-refractivity contribution in [2.45, 2.75) is 0 Å². The molecule has 4 aromatic carbocycles. The van der Waals surface area contributed by atoms with E-state index >= 15 is 0 Å². The van der Waals surface area contributed by atoms with E-state index in [-0.39, 0.29) is 34.0 Å². The number of ether oxygens (including phenoxy) is 6. The highest BCUT2D eigenvalue weighted by Crippen LogP contribution is 2.37. The zero-order valence-corrected chi connectivity index (χ0v) is 31.0. The lowest BCUT2D eigenvalue weighted by Gasteiger charge is -2.15. The second-order valence-corrected chi connectivity index (χ2v) is 11.3. The molecule has 0 unspecified atom stereocenters. The largest absolute Gasteiger partial charge is 0.496 e. The van der Waals surface area contributed by atoms with Crippen molar-refractivity contribution in [2.75, 3.05) is 53.7 Å². The fourth-order valence-corrected chi connectivity index (χ4v) is 4.76. The van der Waals surface area contributed by atoms with Crippen molar-refractivity contribution in [3.63, 3.8) is 0 Å². The van der Waals surface area contributed by atoms with Crippen LogP contribution in [0.5, 0.6) is 23.0 Å². The molecule has 0 radical (unpaired) electrons. The van der Waals surface area contributed by atoms with Crippen LogP contribution in [0.2, 0.25) is 0 Å². The maximum absolute atomic E-state index is 12.6. The highest BCUT2D eigenvalue weighted by atomic mass is 79.9. The van der Waals surface area contributed by atoms with Gasteiger partial charge in [0.05, 0.1) is 52.5 Å². The first kappa shape index (κ1) is 41.5. The lowest BCUT2D eigenvalue weighted by Crippen LogP contribution is -2.07. The lowest BCUT2D eigenvalue weighted by molar-refractivity contribution is -0.387. The minimum atomic E-state index is -0.821. The van der Waals surface area contributed by atoms with Crippen molar-refractivity contribution in [1.29, 1.82) is 0 Å². The number of nitrogens with one attached hydrogen (secondary N) is 1. The van der Waals surface area contributed by atoms with Crippen molar-refractivity contribution in [3.05, 3.63) is 107 Å². The first-order valence-corrected chi connectivity index (χ1v) is 15.5. The molecule has 0 heterocycles. The molecule has 0 aromatic heterocycles. The molecule has 0 fully saturated rings. The molecule has 4 aromatic rings. The number of hydrogen-bond donors (Lipinski definition) is 2. The molecule has 0 amide bonds. The molecule has 272 valence electrons. The van der Waals surface area contributed by atoms with Crippen LogP contribution in [0.15, 0.2) is 69.6 Å². The second-order valence-electron chi connectivity index (χ2n) is 9.44. The Morgan fingerprint density at radius 3 is 1.43 bits per heavy atom. The van der Waals surface area contributed by atoms with E-state index in [1.807, 2.05) is 0 Å². The molecule has 0 saturated carbocycles. The van der Waals surface area contributed by atoms with Crippen molar-refractivity contribution >= 4 is 72.2 Å². The summed E-state index contributed by atoms with van der Waals surface area (Å²) in [5, 5.41) is 24.3. The highest BCUT2D eigenvalue weighted by molar-refractivity contribution is 9.10. The van der Waals surface area contributed by atoms with Gasteiger partial charge in [0, 0.05) is 56.7 Å². The summed E-state index contributed by atoms with van der Waals surface area (Å²) >= 11 is 6.20. The Bertz CT molecular complexity index is 1860. The van der Waals surface area contributed by atoms with Gasteiger partial charge < -0.3 is 39.5 Å². The predicted molar refractivity (Wildman–Crippen MR) is 191 cm³/mol. The summed E-state index contributed by atoms with van der Waals surface area (Å²) in [6, 6.07) is 14.3. The fraction of sp³-hybridized carbons (Fsp3) is 0.188. The van der Waals surface area contributed by atoms with Gasteiger partial charge in [-0.15, -0.1) is 0 Å². The molecule has 0 aliphatic rings. The van der Waals surface area contributed by atoms with Gasteiger partial charge in [0.1, 0.15) is 39.8 Å². The predicted octanol–water partition coefficient (Wildman–Crippen LogP) is 7.47. The number of hydrogen-bond acceptors (Lipinski definition) is 14. The molecule has 19 heteroatoms. The summed E-state index contributed by atoms with van der Waals surface area (Å²) in [5.41, 5.74) is 6.53. The molecule has 51 heavy (non-hydrogen) atoms. The van der Waals surface area contributed by atoms with Crippen LogP contribution in [0.3, 0.4) is 0 Å². The quantitative estimate of drug-likeness (QED) is 0.0686. The second kappa shape index (κ2) is 19.5. The number of methoxy groups -OCH3 is 6. The summed E-state index contributed by atoms with van der Waals surface area (Å²) in [6.07, 6.45) is 0. The van der Waals surface area contributed by atoms with Crippen LogP contribution < -0.4 is 30.0 Å². The van der Waals surface area contributed by atoms with Crippen LogP contribution in [0.1, 0.15) is 20.7 Å². The number of anilines is 3. The summed E-state index contributed by atoms with van der Waals surface area (Å²) < 4.78 is 43.5. The SMILES string of the molecule is COC(=O)c1c(OC)cc(N)cc1OC.COC(=O)c1c(OC)cc(Nc2ccc(Br)cc2[N+](=O)[O-])cc1OC.O=[N+]([O-])c1cc(Br)ccc1F. The monoisotopic (exact) mass is 840 g/mol. The number of carbonyl (C=O) groups is 2. The van der Waals surface area contributed by atoms with Gasteiger partial charge in [0.25, 0.3) is 5.69 Å². The molecule has 16 nitrogen and oxygen atoms in total. The fourth-order valence-electron chi connectivity index (χ4n) is 4.07. The number of nitrogen functional groups attached to an aromatic ring is 1. The first-order valence-electron chi connectivity index (χ1n) is 13.9. The van der Waals surface area contributed by atoms with E-state index in [4.69, 9.17) is 29.4 Å². The van der Waals surface area contributed by atoms with Gasteiger partial charge in [-0.2, -0.15) is 4.39 Å². The van der Waals surface area contributed by atoms with Crippen LogP contribution >= 0.6 is 31.9 Å². The summed E-state index contributed by atoms with van der Waals surface area (Å²) in [5.74, 6) is -0.865. The van der Waals surface area contributed by atoms with Gasteiger partial charge in [-0.3, -0.25) is 20.2 Å². The van der Waals surface area contributed by atoms with E-state index in [1.54, 1.807) is 12.1 Å². The van der Waals surface area contributed by atoms with Crippen LogP contribution in [0.25, 0.3) is 0 Å². The van der Waals surface area contributed by atoms with E-state index in [2.05, 4.69) is 41.9 Å². The number of halogens is 3. The number of nitro groups is 2. The Labute approximate surface area is 307 Å². The first-order chi connectivity index (χ1) is 24.1. The van der Waals surface area contributed by atoms with Gasteiger partial charge >= 0.3 is 17.6 Å². The van der Waals surface area contributed by atoms with Crippen LogP contribution in [-0.4, -0.2) is 64.4 Å². The van der Waals surface area contributed by atoms with Crippen LogP contribution in [0, 0.1) is 26.0 Å². The molecule has 0 bridgehead atoms. The number of rotatable bonds is 10. The summed E-state index contributed by atoms with van der Waals surface area (Å²) in [6.45, 7) is 0. The Balaban J connectivity index is 0.000000293. The molecule has 0 atom stereocenters. The average Bonchev–Trinajstić information content (AvgIpc) is 3.12. The minimum Gasteiger partial charge on any atom is -0.496 e. The molecule has 3 N–H and O–H groups in total. The summed E-state index contributed by atoms with van der Waals surface area (Å²) in [7, 11) is 8.22. The number of nitrogens with two attached hydrogens (primary N) is 1. The van der Waals surface area contributed by atoms with Gasteiger partial charge in [-0.1, -0.05) is 31.9 Å². The smallest absolute Gasteiger partial charge is 0.345 e. The van der Waals surface area contributed by atoms with E-state index in [1.165, 1.54) is 79.1 Å². The van der Waals surface area contributed by atoms with Gasteiger partial charge in [-0.05, 0) is 24.3 Å². The molecular weight excluding hydrogens is 811 g/mol. The van der Waals surface area contributed by atoms with Gasteiger partial charge in [0.15, 0.2) is 0 Å². The molecule has 0 aliphatic carbocycles. The Morgan fingerprint density at radius 2 is 1.06 bits per heavy atom. The third-order valence-electron chi connectivity index (χ3n) is 6.35. The van der Waals surface area contributed by atoms with Crippen LogP contribution in [-0.2, 0) is 9.47 Å². The van der Waals surface area contributed by atoms with E-state index in [9.17, 15) is 34.2 Å². The molecule has 0 spiro atoms. The van der Waals surface area contributed by atoms with E-state index in [0.717, 1.165) is 12.1 Å². The number of carbonyl (C=O) groups excluding carboxylic acids is 2. The standard InChI is InChI=1S/C16H15BrN2O6.C10H13NO4.C6H3BrFNO2/c1-23-13-7-10(8-14(24-2)15(13)16(20)25-3)18-11-5-4-9(17)6-12(11)19(21)22;1-13-7-4-6(11)5-8(14-2)9(7)10(12)15-3;7-4-1-2-5(8)6(3-4)9(10)11/h4-8,18H,1-3H3;4-5H,11H2,1-3H3;1-3H. The highest BCUT2D eigenvalue weighted by Gasteiger charge is 2.22. The number of benzene rings is 4. The average molecular weight is 842 g/mol. The van der Waals surface area contributed by atoms with Crippen molar-refractivity contribution < 1.29 is 52.2 Å².